The van der Waals surface area contributed by atoms with Gasteiger partial charge in [0, 0.05) is 12.4 Å². The number of aromatic nitrogens is 1. The minimum Gasteiger partial charge on any atom is -0.493 e. The van der Waals surface area contributed by atoms with Crippen LogP contribution in [0.1, 0.15) is 24.9 Å². The van der Waals surface area contributed by atoms with Crippen molar-refractivity contribution in [2.24, 2.45) is 0 Å². The summed E-state index contributed by atoms with van der Waals surface area (Å²) in [6, 6.07) is 13.2. The summed E-state index contributed by atoms with van der Waals surface area (Å²) in [5.74, 6) is 0.757. The summed E-state index contributed by atoms with van der Waals surface area (Å²) in [5.41, 5.74) is 1.04. The first-order valence-corrected chi connectivity index (χ1v) is 6.63. The van der Waals surface area contributed by atoms with E-state index in [1.807, 2.05) is 49.4 Å². The Morgan fingerprint density at radius 1 is 1.20 bits per heavy atom. The first kappa shape index (κ1) is 14.1. The van der Waals surface area contributed by atoms with Gasteiger partial charge in [-0.3, -0.25) is 9.78 Å². The maximum Gasteiger partial charge on any atom is 0.223 e. The van der Waals surface area contributed by atoms with Crippen LogP contribution >= 0.6 is 0 Å². The van der Waals surface area contributed by atoms with Crippen molar-refractivity contribution in [3.05, 3.63) is 60.4 Å². The molecule has 4 nitrogen and oxygen atoms in total. The second kappa shape index (κ2) is 7.28. The van der Waals surface area contributed by atoms with Crippen molar-refractivity contribution in [2.45, 2.75) is 19.4 Å². The number of hydrogen-bond acceptors (Lipinski definition) is 3. The number of hydrogen-bond donors (Lipinski definition) is 1. The lowest BCUT2D eigenvalue weighted by Gasteiger charge is -2.14. The molecule has 1 aromatic carbocycles. The lowest BCUT2D eigenvalue weighted by molar-refractivity contribution is -0.122. The molecular weight excluding hydrogens is 252 g/mol. The SMILES string of the molecule is CC(NC(=O)CCOc1ccccc1)c1ccncc1. The fourth-order valence-electron chi connectivity index (χ4n) is 1.83. The van der Waals surface area contributed by atoms with Gasteiger partial charge in [0.15, 0.2) is 0 Å². The molecule has 1 atom stereocenters. The highest BCUT2D eigenvalue weighted by atomic mass is 16.5. The van der Waals surface area contributed by atoms with E-state index in [0.29, 0.717) is 13.0 Å². The molecular formula is C16H18N2O2. The van der Waals surface area contributed by atoms with Crippen molar-refractivity contribution < 1.29 is 9.53 Å². The van der Waals surface area contributed by atoms with E-state index in [2.05, 4.69) is 10.3 Å². The van der Waals surface area contributed by atoms with Gasteiger partial charge in [0.2, 0.25) is 5.91 Å². The summed E-state index contributed by atoms with van der Waals surface area (Å²) < 4.78 is 5.49. The van der Waals surface area contributed by atoms with E-state index >= 15 is 0 Å². The monoisotopic (exact) mass is 270 g/mol. The molecule has 0 radical (unpaired) electrons. The maximum absolute atomic E-state index is 11.8. The molecule has 1 N–H and O–H groups in total. The minimum atomic E-state index is -0.0257. The van der Waals surface area contributed by atoms with Crippen LogP contribution in [0.15, 0.2) is 54.9 Å². The highest BCUT2D eigenvalue weighted by Crippen LogP contribution is 2.11. The number of carbonyl (C=O) groups excluding carboxylic acids is 1. The summed E-state index contributed by atoms with van der Waals surface area (Å²) in [7, 11) is 0. The minimum absolute atomic E-state index is 0.0229. The summed E-state index contributed by atoms with van der Waals surface area (Å²) in [4.78, 5) is 15.8. The molecule has 0 saturated carbocycles. The van der Waals surface area contributed by atoms with E-state index in [4.69, 9.17) is 4.74 Å². The van der Waals surface area contributed by atoms with E-state index in [0.717, 1.165) is 11.3 Å². The normalized spacial score (nSPS) is 11.7. The number of rotatable bonds is 6. The van der Waals surface area contributed by atoms with E-state index in [1.165, 1.54) is 0 Å². The maximum atomic E-state index is 11.8. The Labute approximate surface area is 118 Å². The number of benzene rings is 1. The topological polar surface area (TPSA) is 51.2 Å². The van der Waals surface area contributed by atoms with Gasteiger partial charge in [-0.05, 0) is 36.8 Å². The van der Waals surface area contributed by atoms with Gasteiger partial charge in [0.25, 0.3) is 0 Å². The average molecular weight is 270 g/mol. The highest BCUT2D eigenvalue weighted by molar-refractivity contribution is 5.76. The third-order valence-corrected chi connectivity index (χ3v) is 2.92. The lowest BCUT2D eigenvalue weighted by Crippen LogP contribution is -2.27. The molecule has 0 bridgehead atoms. The molecule has 1 amide bonds. The van der Waals surface area contributed by atoms with Crippen molar-refractivity contribution >= 4 is 5.91 Å². The van der Waals surface area contributed by atoms with Crippen LogP contribution in [0.3, 0.4) is 0 Å². The standard InChI is InChI=1S/C16H18N2O2/c1-13(14-7-10-17-11-8-14)18-16(19)9-12-20-15-5-3-2-4-6-15/h2-8,10-11,13H,9,12H2,1H3,(H,18,19). The number of amides is 1. The van der Waals surface area contributed by atoms with Crippen molar-refractivity contribution in [3.63, 3.8) is 0 Å². The van der Waals surface area contributed by atoms with Crippen molar-refractivity contribution in [2.75, 3.05) is 6.61 Å². The quantitative estimate of drug-likeness (QED) is 0.878. The smallest absolute Gasteiger partial charge is 0.223 e. The van der Waals surface area contributed by atoms with Crippen LogP contribution in [0.2, 0.25) is 0 Å². The van der Waals surface area contributed by atoms with E-state index in [1.54, 1.807) is 12.4 Å². The summed E-state index contributed by atoms with van der Waals surface area (Å²) in [6.07, 6.45) is 3.78. The molecule has 0 aliphatic heterocycles. The fourth-order valence-corrected chi connectivity index (χ4v) is 1.83. The van der Waals surface area contributed by atoms with E-state index in [9.17, 15) is 4.79 Å². The predicted octanol–water partition coefficient (Wildman–Crippen LogP) is 2.73. The van der Waals surface area contributed by atoms with Crippen LogP contribution in [0.4, 0.5) is 0 Å². The van der Waals surface area contributed by atoms with Gasteiger partial charge >= 0.3 is 0 Å². The molecule has 1 aromatic heterocycles. The number of carbonyl (C=O) groups is 1. The van der Waals surface area contributed by atoms with Crippen molar-refractivity contribution in [1.82, 2.24) is 10.3 Å². The third kappa shape index (κ3) is 4.39. The van der Waals surface area contributed by atoms with Crippen LogP contribution in [-0.2, 0) is 4.79 Å². The van der Waals surface area contributed by atoms with E-state index in [-0.39, 0.29) is 11.9 Å². The van der Waals surface area contributed by atoms with E-state index < -0.39 is 0 Å². The Kier molecular flexibility index (Phi) is 5.12. The van der Waals surface area contributed by atoms with Gasteiger partial charge in [-0.15, -0.1) is 0 Å². The number of ether oxygens (including phenoxy) is 1. The molecule has 2 aromatic rings. The Morgan fingerprint density at radius 3 is 2.60 bits per heavy atom. The molecule has 0 saturated heterocycles. The van der Waals surface area contributed by atoms with Crippen molar-refractivity contribution in [1.29, 1.82) is 0 Å². The highest BCUT2D eigenvalue weighted by Gasteiger charge is 2.09. The van der Waals surface area contributed by atoms with Gasteiger partial charge in [0.1, 0.15) is 5.75 Å². The van der Waals surface area contributed by atoms with Crippen LogP contribution in [-0.4, -0.2) is 17.5 Å². The molecule has 4 heteroatoms. The Hall–Kier alpha value is -2.36. The lowest BCUT2D eigenvalue weighted by atomic mass is 10.1. The van der Waals surface area contributed by atoms with Crippen LogP contribution < -0.4 is 10.1 Å². The first-order valence-electron chi connectivity index (χ1n) is 6.63. The van der Waals surface area contributed by atoms with Crippen LogP contribution in [0.25, 0.3) is 0 Å². The van der Waals surface area contributed by atoms with Gasteiger partial charge in [0.05, 0.1) is 19.1 Å². The molecule has 1 unspecified atom stereocenters. The second-order valence-corrected chi connectivity index (χ2v) is 4.48. The zero-order valence-corrected chi connectivity index (χ0v) is 11.5. The third-order valence-electron chi connectivity index (χ3n) is 2.92. The second-order valence-electron chi connectivity index (χ2n) is 4.48. The number of para-hydroxylation sites is 1. The molecule has 0 spiro atoms. The molecule has 2 rings (SSSR count). The van der Waals surface area contributed by atoms with Crippen molar-refractivity contribution in [3.8, 4) is 5.75 Å². The van der Waals surface area contributed by atoms with Crippen LogP contribution in [0, 0.1) is 0 Å². The number of nitrogens with zero attached hydrogens (tertiary/aromatic N) is 1. The molecule has 1 heterocycles. The van der Waals surface area contributed by atoms with Gasteiger partial charge in [-0.2, -0.15) is 0 Å². The Bertz CT molecular complexity index is 529. The average Bonchev–Trinajstić information content (AvgIpc) is 2.49. The summed E-state index contributed by atoms with van der Waals surface area (Å²) >= 11 is 0. The number of pyridine rings is 1. The summed E-state index contributed by atoms with van der Waals surface area (Å²) in [5, 5.41) is 2.94. The largest absolute Gasteiger partial charge is 0.493 e. The Balaban J connectivity index is 1.73. The summed E-state index contributed by atoms with van der Waals surface area (Å²) in [6.45, 7) is 2.32. The molecule has 0 aliphatic rings. The zero-order chi connectivity index (χ0) is 14.2. The number of nitrogens with one attached hydrogen (secondary N) is 1. The Morgan fingerprint density at radius 2 is 1.90 bits per heavy atom. The van der Waals surface area contributed by atoms with Gasteiger partial charge in [-0.25, -0.2) is 0 Å². The predicted molar refractivity (Wildman–Crippen MR) is 77.3 cm³/mol. The first-order chi connectivity index (χ1) is 9.75. The molecule has 104 valence electrons. The van der Waals surface area contributed by atoms with Crippen LogP contribution in [0.5, 0.6) is 5.75 Å². The van der Waals surface area contributed by atoms with Gasteiger partial charge < -0.3 is 10.1 Å². The molecule has 20 heavy (non-hydrogen) atoms. The molecule has 0 fully saturated rings. The fraction of sp³-hybridized carbons (Fsp3) is 0.250. The zero-order valence-electron chi connectivity index (χ0n) is 11.5. The van der Waals surface area contributed by atoms with Gasteiger partial charge in [-0.1, -0.05) is 18.2 Å². The molecule has 0 aliphatic carbocycles.